The van der Waals surface area contributed by atoms with Gasteiger partial charge in [-0.3, -0.25) is 9.36 Å². The molecule has 6 nitrogen and oxygen atoms in total. The van der Waals surface area contributed by atoms with Crippen molar-refractivity contribution in [1.29, 1.82) is 0 Å². The van der Waals surface area contributed by atoms with Crippen LogP contribution in [0.5, 0.6) is 0 Å². The standard InChI is InChI=1S/C17H24N2O4/c1-17(2,12-20)9-5-10-18-15(21)8-11-19-13-6-3-4-7-14(13)23-16(19)22/h3-4,6-7,20H,5,8-12H2,1-2H3,(H,18,21). The second-order valence-electron chi connectivity index (χ2n) is 6.51. The lowest BCUT2D eigenvalue weighted by Crippen LogP contribution is -2.28. The molecule has 0 unspecified atom stereocenters. The van der Waals surface area contributed by atoms with E-state index in [2.05, 4.69) is 5.32 Å². The first-order chi connectivity index (χ1) is 10.9. The van der Waals surface area contributed by atoms with Crippen LogP contribution in [0.15, 0.2) is 33.5 Å². The van der Waals surface area contributed by atoms with Crippen LogP contribution in [0, 0.1) is 5.41 Å². The molecule has 1 aromatic carbocycles. The molecule has 2 N–H and O–H groups in total. The van der Waals surface area contributed by atoms with Gasteiger partial charge in [-0.15, -0.1) is 0 Å². The monoisotopic (exact) mass is 320 g/mol. The fraction of sp³-hybridized carbons (Fsp3) is 0.529. The van der Waals surface area contributed by atoms with Gasteiger partial charge in [-0.1, -0.05) is 26.0 Å². The molecule has 0 atom stereocenters. The Morgan fingerprint density at radius 3 is 2.83 bits per heavy atom. The minimum Gasteiger partial charge on any atom is -0.408 e. The number of nitrogens with zero attached hydrogens (tertiary/aromatic N) is 1. The van der Waals surface area contributed by atoms with Crippen molar-refractivity contribution in [2.45, 2.75) is 39.7 Å². The molecule has 0 bridgehead atoms. The average Bonchev–Trinajstić information content (AvgIpc) is 2.85. The number of hydrogen-bond acceptors (Lipinski definition) is 4. The minimum atomic E-state index is -0.441. The van der Waals surface area contributed by atoms with Crippen molar-refractivity contribution in [2.75, 3.05) is 13.2 Å². The third-order valence-electron chi connectivity index (χ3n) is 3.92. The van der Waals surface area contributed by atoms with Gasteiger partial charge < -0.3 is 14.8 Å². The van der Waals surface area contributed by atoms with Gasteiger partial charge in [0.1, 0.15) is 0 Å². The molecule has 1 amide bonds. The van der Waals surface area contributed by atoms with Crippen molar-refractivity contribution < 1.29 is 14.3 Å². The van der Waals surface area contributed by atoms with Crippen molar-refractivity contribution in [3.8, 4) is 0 Å². The lowest BCUT2D eigenvalue weighted by atomic mass is 9.89. The van der Waals surface area contributed by atoms with Crippen LogP contribution in [0.1, 0.15) is 33.1 Å². The molecule has 0 aliphatic heterocycles. The second kappa shape index (κ2) is 7.46. The van der Waals surface area contributed by atoms with E-state index in [0.717, 1.165) is 12.8 Å². The molecule has 0 saturated heterocycles. The topological polar surface area (TPSA) is 84.5 Å². The van der Waals surface area contributed by atoms with Crippen molar-refractivity contribution in [2.24, 2.45) is 5.41 Å². The number of rotatable bonds is 8. The first-order valence-electron chi connectivity index (χ1n) is 7.89. The third kappa shape index (κ3) is 4.69. The summed E-state index contributed by atoms with van der Waals surface area (Å²) >= 11 is 0. The van der Waals surface area contributed by atoms with Gasteiger partial charge in [0.25, 0.3) is 0 Å². The summed E-state index contributed by atoms with van der Waals surface area (Å²) in [6, 6.07) is 7.16. The van der Waals surface area contributed by atoms with Crippen molar-refractivity contribution in [3.05, 3.63) is 34.8 Å². The Hall–Kier alpha value is -2.08. The molecule has 0 radical (unpaired) electrons. The highest BCUT2D eigenvalue weighted by Crippen LogP contribution is 2.20. The van der Waals surface area contributed by atoms with E-state index in [1.807, 2.05) is 19.9 Å². The maximum Gasteiger partial charge on any atom is 0.419 e. The maximum atomic E-state index is 11.9. The Morgan fingerprint density at radius 1 is 1.35 bits per heavy atom. The second-order valence-corrected chi connectivity index (χ2v) is 6.51. The zero-order valence-electron chi connectivity index (χ0n) is 13.7. The molecular weight excluding hydrogens is 296 g/mol. The van der Waals surface area contributed by atoms with Gasteiger partial charge in [0.15, 0.2) is 5.58 Å². The molecule has 0 aliphatic rings. The highest BCUT2D eigenvalue weighted by atomic mass is 16.4. The van der Waals surface area contributed by atoms with E-state index in [0.29, 0.717) is 24.2 Å². The molecule has 2 aromatic rings. The quantitative estimate of drug-likeness (QED) is 0.728. The van der Waals surface area contributed by atoms with Gasteiger partial charge in [-0.05, 0) is 30.4 Å². The molecule has 0 saturated carbocycles. The number of amides is 1. The number of benzene rings is 1. The van der Waals surface area contributed by atoms with Crippen LogP contribution in [0.4, 0.5) is 0 Å². The maximum absolute atomic E-state index is 11.9. The summed E-state index contributed by atoms with van der Waals surface area (Å²) in [5.74, 6) is -0.535. The minimum absolute atomic E-state index is 0.0935. The predicted molar refractivity (Wildman–Crippen MR) is 88.2 cm³/mol. The molecular formula is C17H24N2O4. The van der Waals surface area contributed by atoms with Crippen molar-refractivity contribution >= 4 is 17.0 Å². The number of aromatic nitrogens is 1. The number of para-hydroxylation sites is 2. The Kier molecular flexibility index (Phi) is 5.60. The van der Waals surface area contributed by atoms with E-state index >= 15 is 0 Å². The van der Waals surface area contributed by atoms with E-state index < -0.39 is 5.76 Å². The van der Waals surface area contributed by atoms with E-state index in [1.54, 1.807) is 18.2 Å². The van der Waals surface area contributed by atoms with Gasteiger partial charge in [-0.2, -0.15) is 0 Å². The number of nitrogens with one attached hydrogen (secondary N) is 1. The Bertz CT molecular complexity index is 715. The van der Waals surface area contributed by atoms with Crippen LogP contribution in [0.25, 0.3) is 11.1 Å². The average molecular weight is 320 g/mol. The van der Waals surface area contributed by atoms with E-state index in [4.69, 9.17) is 4.42 Å². The van der Waals surface area contributed by atoms with Gasteiger partial charge in [-0.25, -0.2) is 4.79 Å². The van der Waals surface area contributed by atoms with Gasteiger partial charge in [0.05, 0.1) is 5.52 Å². The highest BCUT2D eigenvalue weighted by molar-refractivity contribution is 5.76. The fourth-order valence-electron chi connectivity index (χ4n) is 2.40. The summed E-state index contributed by atoms with van der Waals surface area (Å²) in [6.45, 7) is 4.99. The number of aryl methyl sites for hydroxylation is 1. The summed E-state index contributed by atoms with van der Waals surface area (Å²) in [5.41, 5.74) is 1.12. The van der Waals surface area contributed by atoms with E-state index in [1.165, 1.54) is 4.57 Å². The molecule has 6 heteroatoms. The summed E-state index contributed by atoms with van der Waals surface area (Å²) in [4.78, 5) is 23.7. The molecule has 23 heavy (non-hydrogen) atoms. The molecule has 0 spiro atoms. The summed E-state index contributed by atoms with van der Waals surface area (Å²) in [6.07, 6.45) is 1.89. The lowest BCUT2D eigenvalue weighted by Gasteiger charge is -2.21. The van der Waals surface area contributed by atoms with Crippen LogP contribution in [0.3, 0.4) is 0 Å². The molecule has 0 aliphatic carbocycles. The molecule has 2 rings (SSSR count). The van der Waals surface area contributed by atoms with Crippen LogP contribution < -0.4 is 11.1 Å². The van der Waals surface area contributed by atoms with Crippen LogP contribution in [0.2, 0.25) is 0 Å². The number of aliphatic hydroxyl groups is 1. The molecule has 1 aromatic heterocycles. The largest absolute Gasteiger partial charge is 0.419 e. The Labute approximate surface area is 135 Å². The Morgan fingerprint density at radius 2 is 2.09 bits per heavy atom. The highest BCUT2D eigenvalue weighted by Gasteiger charge is 2.15. The Balaban J connectivity index is 1.80. The number of oxazole rings is 1. The van der Waals surface area contributed by atoms with Crippen LogP contribution >= 0.6 is 0 Å². The predicted octanol–water partition coefficient (Wildman–Crippen LogP) is 1.90. The fourth-order valence-corrected chi connectivity index (χ4v) is 2.40. The first kappa shape index (κ1) is 17.3. The first-order valence-corrected chi connectivity index (χ1v) is 7.89. The third-order valence-corrected chi connectivity index (χ3v) is 3.92. The number of carbonyl (C=O) groups excluding carboxylic acids is 1. The zero-order valence-corrected chi connectivity index (χ0v) is 13.7. The summed E-state index contributed by atoms with van der Waals surface area (Å²) in [7, 11) is 0. The number of fused-ring (bicyclic) bond motifs is 1. The van der Waals surface area contributed by atoms with Crippen molar-refractivity contribution in [3.63, 3.8) is 0 Å². The van der Waals surface area contributed by atoms with Crippen LogP contribution in [-0.4, -0.2) is 28.7 Å². The normalized spacial score (nSPS) is 11.8. The van der Waals surface area contributed by atoms with E-state index in [9.17, 15) is 14.7 Å². The van der Waals surface area contributed by atoms with Crippen molar-refractivity contribution in [1.82, 2.24) is 9.88 Å². The van der Waals surface area contributed by atoms with Gasteiger partial charge in [0.2, 0.25) is 5.91 Å². The number of hydrogen-bond donors (Lipinski definition) is 2. The SMILES string of the molecule is CC(C)(CO)CCCNC(=O)CCn1c(=O)oc2ccccc21. The smallest absolute Gasteiger partial charge is 0.408 e. The van der Waals surface area contributed by atoms with Gasteiger partial charge in [0, 0.05) is 26.1 Å². The van der Waals surface area contributed by atoms with Gasteiger partial charge >= 0.3 is 5.76 Å². The van der Waals surface area contributed by atoms with Crippen LogP contribution in [-0.2, 0) is 11.3 Å². The zero-order chi connectivity index (χ0) is 16.9. The lowest BCUT2D eigenvalue weighted by molar-refractivity contribution is -0.121. The molecule has 1 heterocycles. The number of carbonyl (C=O) groups is 1. The molecule has 0 fully saturated rings. The summed E-state index contributed by atoms with van der Waals surface area (Å²) in [5, 5.41) is 12.0. The summed E-state index contributed by atoms with van der Waals surface area (Å²) < 4.78 is 6.61. The molecule has 126 valence electrons. The number of aliphatic hydroxyl groups excluding tert-OH is 1. The van der Waals surface area contributed by atoms with E-state index in [-0.39, 0.29) is 24.3 Å².